The van der Waals surface area contributed by atoms with Crippen molar-refractivity contribution < 1.29 is 13.9 Å². The minimum absolute atomic E-state index is 0.102. The van der Waals surface area contributed by atoms with Crippen LogP contribution < -0.4 is 15.0 Å². The van der Waals surface area contributed by atoms with Crippen molar-refractivity contribution in [1.82, 2.24) is 10.2 Å². The third-order valence-electron chi connectivity index (χ3n) is 4.51. The second kappa shape index (κ2) is 9.98. The van der Waals surface area contributed by atoms with Gasteiger partial charge in [-0.1, -0.05) is 39.7 Å². The summed E-state index contributed by atoms with van der Waals surface area (Å²) >= 11 is 9.45. The van der Waals surface area contributed by atoms with Crippen LogP contribution in [0.5, 0.6) is 5.75 Å². The summed E-state index contributed by atoms with van der Waals surface area (Å²) in [6, 6.07) is 12.1. The van der Waals surface area contributed by atoms with Crippen molar-refractivity contribution >= 4 is 39.2 Å². The van der Waals surface area contributed by atoms with Crippen molar-refractivity contribution in [2.75, 3.05) is 44.2 Å². The van der Waals surface area contributed by atoms with Gasteiger partial charge in [0.15, 0.2) is 0 Å². The Balaban J connectivity index is 1.35. The number of benzene rings is 2. The van der Waals surface area contributed by atoms with Crippen LogP contribution in [0.1, 0.15) is 6.42 Å². The van der Waals surface area contributed by atoms with Crippen molar-refractivity contribution in [2.45, 2.75) is 6.42 Å². The second-order valence-corrected chi connectivity index (χ2v) is 7.76. The molecule has 0 atom stereocenters. The fraction of sp³-hybridized carbons (Fsp3) is 0.350. The van der Waals surface area contributed by atoms with Gasteiger partial charge in [0.2, 0.25) is 0 Å². The third-order valence-corrected chi connectivity index (χ3v) is 5.30. The summed E-state index contributed by atoms with van der Waals surface area (Å²) in [5.41, 5.74) is 0.589. The van der Waals surface area contributed by atoms with E-state index in [4.69, 9.17) is 16.3 Å². The second-order valence-electron chi connectivity index (χ2n) is 6.43. The van der Waals surface area contributed by atoms with Gasteiger partial charge in [0, 0.05) is 37.2 Å². The molecule has 1 heterocycles. The number of hydrogen-bond donors (Lipinski definition) is 1. The maximum atomic E-state index is 13.9. The number of amides is 2. The molecule has 0 aromatic heterocycles. The van der Waals surface area contributed by atoms with Crippen LogP contribution in [0.2, 0.25) is 5.02 Å². The van der Waals surface area contributed by atoms with Gasteiger partial charge in [-0.15, -0.1) is 0 Å². The number of nitrogens with one attached hydrogen (secondary N) is 1. The van der Waals surface area contributed by atoms with Crippen molar-refractivity contribution in [3.63, 3.8) is 0 Å². The highest BCUT2D eigenvalue weighted by Gasteiger charge is 2.22. The number of nitrogens with zero attached hydrogens (tertiary/aromatic N) is 2. The van der Waals surface area contributed by atoms with Gasteiger partial charge in [-0.05, 0) is 36.8 Å². The summed E-state index contributed by atoms with van der Waals surface area (Å²) in [6.07, 6.45) is 0.674. The molecule has 2 amide bonds. The molecular weight excluding hydrogens is 449 g/mol. The van der Waals surface area contributed by atoms with Gasteiger partial charge in [0.25, 0.3) is 0 Å². The SMILES string of the molecule is O=C(NCCCOc1ccc(Br)cc1Cl)N1CCN(c2ccccc2F)CC1. The Labute approximate surface area is 177 Å². The number of ether oxygens (including phenoxy) is 1. The van der Waals surface area contributed by atoms with E-state index in [9.17, 15) is 9.18 Å². The fourth-order valence-electron chi connectivity index (χ4n) is 3.01. The number of carbonyl (C=O) groups excluding carboxylic acids is 1. The number of para-hydroxylation sites is 1. The van der Waals surface area contributed by atoms with E-state index in [1.165, 1.54) is 6.07 Å². The summed E-state index contributed by atoms with van der Waals surface area (Å²) in [4.78, 5) is 16.0. The molecule has 1 saturated heterocycles. The van der Waals surface area contributed by atoms with Crippen LogP contribution in [0.3, 0.4) is 0 Å². The molecule has 1 aliphatic rings. The van der Waals surface area contributed by atoms with Gasteiger partial charge >= 0.3 is 6.03 Å². The molecule has 3 rings (SSSR count). The van der Waals surface area contributed by atoms with E-state index in [1.54, 1.807) is 29.2 Å². The number of halogens is 3. The predicted octanol–water partition coefficient (Wildman–Crippen LogP) is 4.54. The Kier molecular flexibility index (Phi) is 7.39. The summed E-state index contributed by atoms with van der Waals surface area (Å²) in [7, 11) is 0. The number of urea groups is 1. The Morgan fingerprint density at radius 1 is 1.18 bits per heavy atom. The monoisotopic (exact) mass is 469 g/mol. The van der Waals surface area contributed by atoms with E-state index in [0.29, 0.717) is 62.2 Å². The number of anilines is 1. The van der Waals surface area contributed by atoms with Crippen LogP contribution in [-0.2, 0) is 0 Å². The molecule has 28 heavy (non-hydrogen) atoms. The third kappa shape index (κ3) is 5.52. The molecule has 1 aliphatic heterocycles. The molecule has 150 valence electrons. The zero-order chi connectivity index (χ0) is 19.9. The highest BCUT2D eigenvalue weighted by molar-refractivity contribution is 9.10. The fourth-order valence-corrected chi connectivity index (χ4v) is 3.74. The van der Waals surface area contributed by atoms with Crippen LogP contribution in [0.4, 0.5) is 14.9 Å². The molecule has 1 N–H and O–H groups in total. The first-order valence-corrected chi connectivity index (χ1v) is 10.3. The topological polar surface area (TPSA) is 44.8 Å². The molecule has 1 fully saturated rings. The van der Waals surface area contributed by atoms with Gasteiger partial charge in [0.05, 0.1) is 17.3 Å². The smallest absolute Gasteiger partial charge is 0.317 e. The van der Waals surface area contributed by atoms with Crippen molar-refractivity contribution in [2.24, 2.45) is 0 Å². The first-order valence-electron chi connectivity index (χ1n) is 9.14. The molecular formula is C20H22BrClFN3O2. The van der Waals surface area contributed by atoms with Crippen LogP contribution in [0, 0.1) is 5.82 Å². The van der Waals surface area contributed by atoms with E-state index < -0.39 is 0 Å². The van der Waals surface area contributed by atoms with Gasteiger partial charge in [-0.2, -0.15) is 0 Å². The molecule has 2 aromatic rings. The highest BCUT2D eigenvalue weighted by Crippen LogP contribution is 2.27. The zero-order valence-electron chi connectivity index (χ0n) is 15.3. The number of carbonyl (C=O) groups is 1. The molecule has 0 bridgehead atoms. The molecule has 0 aliphatic carbocycles. The van der Waals surface area contributed by atoms with Gasteiger partial charge in [-0.3, -0.25) is 0 Å². The lowest BCUT2D eigenvalue weighted by Gasteiger charge is -2.36. The van der Waals surface area contributed by atoms with Crippen molar-refractivity contribution in [3.8, 4) is 5.75 Å². The lowest BCUT2D eigenvalue weighted by atomic mass is 10.2. The molecule has 5 nitrogen and oxygen atoms in total. The Morgan fingerprint density at radius 3 is 2.64 bits per heavy atom. The minimum Gasteiger partial charge on any atom is -0.492 e. The molecule has 0 saturated carbocycles. The quantitative estimate of drug-likeness (QED) is 0.630. The summed E-state index contributed by atoms with van der Waals surface area (Å²) in [5, 5.41) is 3.45. The summed E-state index contributed by atoms with van der Waals surface area (Å²) in [5.74, 6) is 0.395. The molecule has 2 aromatic carbocycles. The maximum Gasteiger partial charge on any atom is 0.317 e. The lowest BCUT2D eigenvalue weighted by molar-refractivity contribution is 0.193. The van der Waals surface area contributed by atoms with E-state index in [0.717, 1.165) is 4.47 Å². The van der Waals surface area contributed by atoms with E-state index in [2.05, 4.69) is 21.2 Å². The zero-order valence-corrected chi connectivity index (χ0v) is 17.7. The molecule has 0 unspecified atom stereocenters. The van der Waals surface area contributed by atoms with Crippen LogP contribution in [-0.4, -0.2) is 50.3 Å². The van der Waals surface area contributed by atoms with Crippen LogP contribution >= 0.6 is 27.5 Å². The Hall–Kier alpha value is -1.99. The first kappa shape index (κ1) is 20.7. The average Bonchev–Trinajstić information content (AvgIpc) is 2.69. The average molecular weight is 471 g/mol. The van der Waals surface area contributed by atoms with Gasteiger partial charge < -0.3 is 19.9 Å². The van der Waals surface area contributed by atoms with Gasteiger partial charge in [-0.25, -0.2) is 9.18 Å². The number of rotatable bonds is 6. The maximum absolute atomic E-state index is 13.9. The molecule has 8 heteroatoms. The number of hydrogen-bond acceptors (Lipinski definition) is 3. The number of piperazine rings is 1. The predicted molar refractivity (Wildman–Crippen MR) is 113 cm³/mol. The normalized spacial score (nSPS) is 14.1. The highest BCUT2D eigenvalue weighted by atomic mass is 79.9. The Bertz CT molecular complexity index is 816. The standard InChI is InChI=1S/C20H22BrClFN3O2/c21-15-6-7-19(16(22)14-15)28-13-3-8-24-20(27)26-11-9-25(10-12-26)18-5-2-1-4-17(18)23/h1-2,4-7,14H,3,8-13H2,(H,24,27). The van der Waals surface area contributed by atoms with E-state index >= 15 is 0 Å². The van der Waals surface area contributed by atoms with Crippen molar-refractivity contribution in [1.29, 1.82) is 0 Å². The van der Waals surface area contributed by atoms with E-state index in [-0.39, 0.29) is 11.8 Å². The largest absolute Gasteiger partial charge is 0.492 e. The molecule has 0 spiro atoms. The first-order chi connectivity index (χ1) is 13.5. The van der Waals surface area contributed by atoms with Crippen LogP contribution in [0.25, 0.3) is 0 Å². The van der Waals surface area contributed by atoms with E-state index in [1.807, 2.05) is 17.0 Å². The Morgan fingerprint density at radius 2 is 1.93 bits per heavy atom. The van der Waals surface area contributed by atoms with Gasteiger partial charge in [0.1, 0.15) is 11.6 Å². The van der Waals surface area contributed by atoms with Crippen LogP contribution in [0.15, 0.2) is 46.9 Å². The summed E-state index contributed by atoms with van der Waals surface area (Å²) in [6.45, 7) is 3.32. The lowest BCUT2D eigenvalue weighted by Crippen LogP contribution is -2.52. The summed E-state index contributed by atoms with van der Waals surface area (Å²) < 4.78 is 20.4. The minimum atomic E-state index is -0.230. The van der Waals surface area contributed by atoms with Crippen molar-refractivity contribution in [3.05, 3.63) is 57.8 Å². The molecule has 0 radical (unpaired) electrons.